The number of hydrogen-bond donors (Lipinski definition) is 2. The number of carbonyl (C=O) groups is 2. The molecule has 0 heterocycles. The number of rotatable bonds is 7. The molecule has 0 fully saturated rings. The Kier molecular flexibility index (Phi) is 6.45. The van der Waals surface area contributed by atoms with Gasteiger partial charge in [0.25, 0.3) is 5.91 Å². The molecule has 0 aliphatic carbocycles. The minimum Gasteiger partial charge on any atom is -0.452 e. The lowest BCUT2D eigenvalue weighted by Crippen LogP contribution is -2.30. The lowest BCUT2D eigenvalue weighted by atomic mass is 10.2. The summed E-state index contributed by atoms with van der Waals surface area (Å²) in [4.78, 5) is 22.9. The van der Waals surface area contributed by atoms with Crippen LogP contribution in [0.25, 0.3) is 0 Å². The molecule has 0 atom stereocenters. The van der Waals surface area contributed by atoms with Gasteiger partial charge in [0.1, 0.15) is 5.82 Å². The van der Waals surface area contributed by atoms with E-state index in [2.05, 4.69) is 5.32 Å². The SMILES string of the molecule is COCCCNC(=O)COC(=O)c1cc(N)cc(F)c1. The van der Waals surface area contributed by atoms with Crippen LogP contribution in [0.2, 0.25) is 0 Å². The molecular weight excluding hydrogens is 267 g/mol. The predicted molar refractivity (Wildman–Crippen MR) is 70.6 cm³/mol. The molecule has 1 amide bonds. The van der Waals surface area contributed by atoms with Crippen molar-refractivity contribution in [1.82, 2.24) is 5.32 Å². The molecule has 0 saturated carbocycles. The van der Waals surface area contributed by atoms with E-state index in [0.717, 1.165) is 12.1 Å². The molecular formula is C13H17FN2O4. The van der Waals surface area contributed by atoms with E-state index in [1.54, 1.807) is 7.11 Å². The highest BCUT2D eigenvalue weighted by Gasteiger charge is 2.11. The van der Waals surface area contributed by atoms with E-state index >= 15 is 0 Å². The minimum atomic E-state index is -0.803. The number of hydrogen-bond acceptors (Lipinski definition) is 5. The molecule has 0 aliphatic heterocycles. The smallest absolute Gasteiger partial charge is 0.338 e. The number of ether oxygens (including phenoxy) is 2. The first-order valence-electron chi connectivity index (χ1n) is 6.01. The van der Waals surface area contributed by atoms with Crippen molar-refractivity contribution in [2.24, 2.45) is 0 Å². The molecule has 1 aromatic carbocycles. The number of carbonyl (C=O) groups excluding carboxylic acids is 2. The summed E-state index contributed by atoms with van der Waals surface area (Å²) in [5.74, 6) is -1.87. The molecule has 0 unspecified atom stereocenters. The summed E-state index contributed by atoms with van der Waals surface area (Å²) in [6.45, 7) is 0.530. The van der Waals surface area contributed by atoms with Crippen LogP contribution < -0.4 is 11.1 Å². The fourth-order valence-electron chi connectivity index (χ4n) is 1.44. The first-order valence-corrected chi connectivity index (χ1v) is 6.01. The van der Waals surface area contributed by atoms with Gasteiger partial charge in [-0.1, -0.05) is 0 Å². The van der Waals surface area contributed by atoms with E-state index in [1.165, 1.54) is 6.07 Å². The van der Waals surface area contributed by atoms with Gasteiger partial charge in [-0.15, -0.1) is 0 Å². The Hall–Kier alpha value is -2.15. The van der Waals surface area contributed by atoms with E-state index in [4.69, 9.17) is 15.2 Å². The van der Waals surface area contributed by atoms with Crippen molar-refractivity contribution in [3.8, 4) is 0 Å². The van der Waals surface area contributed by atoms with Crippen LogP contribution in [-0.4, -0.2) is 38.7 Å². The highest BCUT2D eigenvalue weighted by molar-refractivity contribution is 5.92. The van der Waals surface area contributed by atoms with Crippen molar-refractivity contribution < 1.29 is 23.5 Å². The second kappa shape index (κ2) is 8.11. The summed E-state index contributed by atoms with van der Waals surface area (Å²) >= 11 is 0. The summed E-state index contributed by atoms with van der Waals surface area (Å²) in [5, 5.41) is 2.55. The maximum absolute atomic E-state index is 13.0. The second-order valence-corrected chi connectivity index (χ2v) is 4.05. The van der Waals surface area contributed by atoms with Crippen LogP contribution in [0.5, 0.6) is 0 Å². The van der Waals surface area contributed by atoms with Gasteiger partial charge in [0.05, 0.1) is 5.56 Å². The first-order chi connectivity index (χ1) is 9.52. The average molecular weight is 284 g/mol. The van der Waals surface area contributed by atoms with Gasteiger partial charge in [0.2, 0.25) is 0 Å². The topological polar surface area (TPSA) is 90.6 Å². The summed E-state index contributed by atoms with van der Waals surface area (Å²) in [7, 11) is 1.56. The zero-order valence-electron chi connectivity index (χ0n) is 11.1. The summed E-state index contributed by atoms with van der Waals surface area (Å²) in [6, 6.07) is 3.36. The van der Waals surface area contributed by atoms with E-state index < -0.39 is 24.3 Å². The third kappa shape index (κ3) is 5.66. The van der Waals surface area contributed by atoms with Crippen molar-refractivity contribution in [1.29, 1.82) is 0 Å². The molecule has 0 spiro atoms. The molecule has 0 aliphatic rings. The molecule has 6 nitrogen and oxygen atoms in total. The monoisotopic (exact) mass is 284 g/mol. The molecule has 1 rings (SSSR count). The molecule has 7 heteroatoms. The molecule has 20 heavy (non-hydrogen) atoms. The highest BCUT2D eigenvalue weighted by atomic mass is 19.1. The van der Waals surface area contributed by atoms with Crippen molar-refractivity contribution >= 4 is 17.6 Å². The van der Waals surface area contributed by atoms with Crippen molar-refractivity contribution in [2.45, 2.75) is 6.42 Å². The van der Waals surface area contributed by atoms with Gasteiger partial charge in [-0.05, 0) is 24.6 Å². The largest absolute Gasteiger partial charge is 0.452 e. The van der Waals surface area contributed by atoms with Gasteiger partial charge < -0.3 is 20.5 Å². The molecule has 0 radical (unpaired) electrons. The van der Waals surface area contributed by atoms with Gasteiger partial charge >= 0.3 is 5.97 Å². The lowest BCUT2D eigenvalue weighted by Gasteiger charge is -2.07. The highest BCUT2D eigenvalue weighted by Crippen LogP contribution is 2.11. The van der Waals surface area contributed by atoms with Crippen molar-refractivity contribution in [2.75, 3.05) is 32.6 Å². The maximum Gasteiger partial charge on any atom is 0.338 e. The van der Waals surface area contributed by atoms with E-state index in [9.17, 15) is 14.0 Å². The van der Waals surface area contributed by atoms with Crippen molar-refractivity contribution in [3.63, 3.8) is 0 Å². The second-order valence-electron chi connectivity index (χ2n) is 4.05. The van der Waals surface area contributed by atoms with E-state index in [-0.39, 0.29) is 11.3 Å². The van der Waals surface area contributed by atoms with Gasteiger partial charge in [0, 0.05) is 25.9 Å². The molecule has 3 N–H and O–H groups in total. The zero-order chi connectivity index (χ0) is 15.0. The number of halogens is 1. The number of anilines is 1. The van der Waals surface area contributed by atoms with Crippen LogP contribution in [-0.2, 0) is 14.3 Å². The molecule has 110 valence electrons. The van der Waals surface area contributed by atoms with E-state index in [1.807, 2.05) is 0 Å². The molecule has 0 bridgehead atoms. The quantitative estimate of drug-likeness (QED) is 0.437. The predicted octanol–water partition coefficient (Wildman–Crippen LogP) is 0.717. The number of esters is 1. The van der Waals surface area contributed by atoms with Crippen LogP contribution in [0.4, 0.5) is 10.1 Å². The normalized spacial score (nSPS) is 10.1. The van der Waals surface area contributed by atoms with Gasteiger partial charge in [-0.2, -0.15) is 0 Å². The number of nitrogens with one attached hydrogen (secondary N) is 1. The Morgan fingerprint density at radius 1 is 1.35 bits per heavy atom. The Bertz CT molecular complexity index is 459. The number of benzene rings is 1. The summed E-state index contributed by atoms with van der Waals surface area (Å²) < 4.78 is 22.6. The summed E-state index contributed by atoms with van der Waals surface area (Å²) in [5.41, 5.74) is 5.49. The van der Waals surface area contributed by atoms with Gasteiger partial charge in [-0.3, -0.25) is 4.79 Å². The van der Waals surface area contributed by atoms with Gasteiger partial charge in [0.15, 0.2) is 6.61 Å². The molecule has 0 saturated heterocycles. The Morgan fingerprint density at radius 3 is 2.75 bits per heavy atom. The average Bonchev–Trinajstić information content (AvgIpc) is 2.40. The van der Waals surface area contributed by atoms with Crippen LogP contribution in [0, 0.1) is 5.82 Å². The van der Waals surface area contributed by atoms with Crippen LogP contribution in [0.15, 0.2) is 18.2 Å². The fourth-order valence-corrected chi connectivity index (χ4v) is 1.44. The lowest BCUT2D eigenvalue weighted by molar-refractivity contribution is -0.124. The maximum atomic E-state index is 13.0. The first kappa shape index (κ1) is 15.9. The van der Waals surface area contributed by atoms with Crippen molar-refractivity contribution in [3.05, 3.63) is 29.6 Å². The summed E-state index contributed by atoms with van der Waals surface area (Å²) in [6.07, 6.45) is 0.663. The number of amides is 1. The van der Waals surface area contributed by atoms with Crippen LogP contribution >= 0.6 is 0 Å². The number of nitrogens with two attached hydrogens (primary N) is 1. The van der Waals surface area contributed by atoms with Gasteiger partial charge in [-0.25, -0.2) is 9.18 Å². The number of methoxy groups -OCH3 is 1. The Morgan fingerprint density at radius 2 is 2.10 bits per heavy atom. The molecule has 1 aromatic rings. The standard InChI is InChI=1S/C13H17FN2O4/c1-19-4-2-3-16-12(17)8-20-13(18)9-5-10(14)7-11(15)6-9/h5-7H,2-4,8,15H2,1H3,(H,16,17). The van der Waals surface area contributed by atoms with Crippen LogP contribution in [0.1, 0.15) is 16.8 Å². The van der Waals surface area contributed by atoms with Crippen LogP contribution in [0.3, 0.4) is 0 Å². The third-order valence-electron chi connectivity index (χ3n) is 2.34. The van der Waals surface area contributed by atoms with E-state index in [0.29, 0.717) is 19.6 Å². The molecule has 0 aromatic heterocycles. The zero-order valence-corrected chi connectivity index (χ0v) is 11.1. The third-order valence-corrected chi connectivity index (χ3v) is 2.34. The minimum absolute atomic E-state index is 0.0327. The Balaban J connectivity index is 2.37. The fraction of sp³-hybridized carbons (Fsp3) is 0.385. The Labute approximate surface area is 116 Å². The number of nitrogen functional groups attached to an aromatic ring is 1.